The third kappa shape index (κ3) is 8.54. The second kappa shape index (κ2) is 14.3. The summed E-state index contributed by atoms with van der Waals surface area (Å²) in [6.07, 6.45) is 3.87. The molecule has 0 saturated carbocycles. The average molecular weight is 441 g/mol. The largest absolute Gasteiger partial charge is 0.382 e. The maximum atomic E-state index is 5.48. The van der Waals surface area contributed by atoms with E-state index in [1.54, 1.807) is 7.11 Å². The summed E-state index contributed by atoms with van der Waals surface area (Å²) in [5.41, 5.74) is 0. The Morgan fingerprint density at radius 1 is 1.22 bits per heavy atom. The highest BCUT2D eigenvalue weighted by atomic mass is 127. The van der Waals surface area contributed by atoms with Crippen molar-refractivity contribution in [3.8, 4) is 0 Å². The molecule has 1 N–H and O–H groups in total. The third-order valence-corrected chi connectivity index (χ3v) is 4.50. The van der Waals surface area contributed by atoms with Gasteiger partial charge in [0.05, 0.1) is 26.4 Å². The molecule has 1 rings (SSSR count). The zero-order valence-corrected chi connectivity index (χ0v) is 17.7. The Labute approximate surface area is 159 Å². The number of methoxy groups -OCH3 is 1. The SMILES string of the molecule is CCNC(=NCCOCCOC)N1CCC(C(CC)CC)C1.I. The number of ether oxygens (including phenoxy) is 2. The van der Waals surface area contributed by atoms with E-state index in [2.05, 4.69) is 31.0 Å². The van der Waals surface area contributed by atoms with Crippen LogP contribution in [0.3, 0.4) is 0 Å². The molecule has 0 bridgehead atoms. The van der Waals surface area contributed by atoms with Gasteiger partial charge in [0.1, 0.15) is 0 Å². The fraction of sp³-hybridized carbons (Fsp3) is 0.941. The Kier molecular flexibility index (Phi) is 14.2. The summed E-state index contributed by atoms with van der Waals surface area (Å²) in [7, 11) is 1.69. The van der Waals surface area contributed by atoms with Crippen LogP contribution in [0.1, 0.15) is 40.0 Å². The number of hydrogen-bond donors (Lipinski definition) is 1. The predicted octanol–water partition coefficient (Wildman–Crippen LogP) is 2.99. The minimum Gasteiger partial charge on any atom is -0.382 e. The maximum absolute atomic E-state index is 5.48. The third-order valence-electron chi connectivity index (χ3n) is 4.50. The molecule has 1 heterocycles. The maximum Gasteiger partial charge on any atom is 0.194 e. The van der Waals surface area contributed by atoms with E-state index in [1.165, 1.54) is 19.3 Å². The monoisotopic (exact) mass is 441 g/mol. The predicted molar refractivity (Wildman–Crippen MR) is 108 cm³/mol. The van der Waals surface area contributed by atoms with Gasteiger partial charge in [-0.15, -0.1) is 24.0 Å². The molecule has 0 aliphatic carbocycles. The average Bonchev–Trinajstić information content (AvgIpc) is 3.00. The Balaban J connectivity index is 0.00000484. The highest BCUT2D eigenvalue weighted by molar-refractivity contribution is 14.0. The standard InChI is InChI=1S/C17H35N3O2.HI/c1-5-15(6-2)16-8-10-20(14-16)17(18-7-3)19-9-11-22-13-12-21-4;/h15-16H,5-14H2,1-4H3,(H,18,19);1H. The van der Waals surface area contributed by atoms with Crippen LogP contribution in [0.15, 0.2) is 4.99 Å². The number of rotatable bonds is 10. The second-order valence-electron chi connectivity index (χ2n) is 5.91. The molecule has 1 fully saturated rings. The molecule has 1 unspecified atom stereocenters. The van der Waals surface area contributed by atoms with Gasteiger partial charge >= 0.3 is 0 Å². The molecular formula is C17H36IN3O2. The summed E-state index contributed by atoms with van der Waals surface area (Å²) in [6.45, 7) is 12.6. The van der Waals surface area contributed by atoms with Gasteiger partial charge < -0.3 is 19.7 Å². The Bertz CT molecular complexity index is 312. The summed E-state index contributed by atoms with van der Waals surface area (Å²) in [4.78, 5) is 7.12. The highest BCUT2D eigenvalue weighted by Crippen LogP contribution is 2.28. The van der Waals surface area contributed by atoms with Gasteiger partial charge in [0.2, 0.25) is 0 Å². The van der Waals surface area contributed by atoms with Crippen molar-refractivity contribution in [3.63, 3.8) is 0 Å². The molecule has 5 nitrogen and oxygen atoms in total. The lowest BCUT2D eigenvalue weighted by molar-refractivity contribution is 0.0747. The molecule has 1 aliphatic rings. The van der Waals surface area contributed by atoms with E-state index in [9.17, 15) is 0 Å². The number of halogens is 1. The van der Waals surface area contributed by atoms with E-state index in [-0.39, 0.29) is 24.0 Å². The van der Waals surface area contributed by atoms with Crippen LogP contribution in [0, 0.1) is 11.8 Å². The molecule has 0 spiro atoms. The molecule has 0 aromatic rings. The first-order chi connectivity index (χ1) is 10.8. The van der Waals surface area contributed by atoms with Crippen molar-refractivity contribution in [2.24, 2.45) is 16.8 Å². The van der Waals surface area contributed by atoms with Gasteiger partial charge in [0.25, 0.3) is 0 Å². The Morgan fingerprint density at radius 2 is 1.96 bits per heavy atom. The first kappa shape index (κ1) is 22.9. The second-order valence-corrected chi connectivity index (χ2v) is 5.91. The number of nitrogens with zero attached hydrogens (tertiary/aromatic N) is 2. The van der Waals surface area contributed by atoms with Gasteiger partial charge in [-0.25, -0.2) is 0 Å². The lowest BCUT2D eigenvalue weighted by atomic mass is 9.87. The van der Waals surface area contributed by atoms with Gasteiger partial charge in [0.15, 0.2) is 5.96 Å². The molecule has 0 radical (unpaired) electrons. The number of nitrogens with one attached hydrogen (secondary N) is 1. The first-order valence-electron chi connectivity index (χ1n) is 8.86. The topological polar surface area (TPSA) is 46.1 Å². The fourth-order valence-corrected chi connectivity index (χ4v) is 3.21. The molecule has 0 aromatic heterocycles. The summed E-state index contributed by atoms with van der Waals surface area (Å²) in [6, 6.07) is 0. The molecule has 1 saturated heterocycles. The highest BCUT2D eigenvalue weighted by Gasteiger charge is 2.29. The number of aliphatic imine (C=N–C) groups is 1. The summed E-state index contributed by atoms with van der Waals surface area (Å²) >= 11 is 0. The normalized spacial score (nSPS) is 18.4. The van der Waals surface area contributed by atoms with Crippen molar-refractivity contribution in [1.29, 1.82) is 0 Å². The fourth-order valence-electron chi connectivity index (χ4n) is 3.21. The van der Waals surface area contributed by atoms with Crippen molar-refractivity contribution in [2.45, 2.75) is 40.0 Å². The van der Waals surface area contributed by atoms with Gasteiger partial charge in [-0.1, -0.05) is 26.7 Å². The Hall–Kier alpha value is -0.0800. The van der Waals surface area contributed by atoms with E-state index < -0.39 is 0 Å². The van der Waals surface area contributed by atoms with Crippen LogP contribution in [0.2, 0.25) is 0 Å². The van der Waals surface area contributed by atoms with Crippen molar-refractivity contribution >= 4 is 29.9 Å². The van der Waals surface area contributed by atoms with Crippen molar-refractivity contribution in [1.82, 2.24) is 10.2 Å². The van der Waals surface area contributed by atoms with Gasteiger partial charge in [-0.05, 0) is 25.2 Å². The molecule has 23 heavy (non-hydrogen) atoms. The van der Waals surface area contributed by atoms with Crippen LogP contribution in [0.4, 0.5) is 0 Å². The van der Waals surface area contributed by atoms with Crippen LogP contribution in [0.25, 0.3) is 0 Å². The lowest BCUT2D eigenvalue weighted by Gasteiger charge is -2.24. The minimum absolute atomic E-state index is 0. The summed E-state index contributed by atoms with van der Waals surface area (Å²) < 4.78 is 10.4. The Morgan fingerprint density at radius 3 is 2.57 bits per heavy atom. The first-order valence-corrected chi connectivity index (χ1v) is 8.86. The van der Waals surface area contributed by atoms with Gasteiger partial charge in [-0.2, -0.15) is 0 Å². The van der Waals surface area contributed by atoms with E-state index in [0.29, 0.717) is 26.4 Å². The van der Waals surface area contributed by atoms with Crippen LogP contribution < -0.4 is 5.32 Å². The van der Waals surface area contributed by atoms with Crippen LogP contribution in [-0.2, 0) is 9.47 Å². The minimum atomic E-state index is 0. The number of hydrogen-bond acceptors (Lipinski definition) is 3. The van der Waals surface area contributed by atoms with Crippen LogP contribution >= 0.6 is 24.0 Å². The molecule has 1 aliphatic heterocycles. The van der Waals surface area contributed by atoms with E-state index in [4.69, 9.17) is 14.5 Å². The van der Waals surface area contributed by atoms with E-state index in [0.717, 1.165) is 37.4 Å². The molecule has 0 amide bonds. The molecular weight excluding hydrogens is 405 g/mol. The zero-order valence-electron chi connectivity index (χ0n) is 15.3. The van der Waals surface area contributed by atoms with Crippen molar-refractivity contribution in [3.05, 3.63) is 0 Å². The van der Waals surface area contributed by atoms with Gasteiger partial charge in [-0.3, -0.25) is 4.99 Å². The molecule has 1 atom stereocenters. The van der Waals surface area contributed by atoms with E-state index in [1.807, 2.05) is 0 Å². The van der Waals surface area contributed by atoms with E-state index >= 15 is 0 Å². The van der Waals surface area contributed by atoms with Crippen LogP contribution in [-0.4, -0.2) is 64.0 Å². The van der Waals surface area contributed by atoms with Gasteiger partial charge in [0, 0.05) is 26.7 Å². The molecule has 138 valence electrons. The quantitative estimate of drug-likeness (QED) is 0.245. The zero-order chi connectivity index (χ0) is 16.2. The summed E-state index contributed by atoms with van der Waals surface area (Å²) in [5, 5.41) is 3.42. The number of guanidine groups is 1. The lowest BCUT2D eigenvalue weighted by Crippen LogP contribution is -2.40. The van der Waals surface area contributed by atoms with Crippen molar-refractivity contribution in [2.75, 3.05) is 53.1 Å². The van der Waals surface area contributed by atoms with Crippen LogP contribution in [0.5, 0.6) is 0 Å². The summed E-state index contributed by atoms with van der Waals surface area (Å²) in [5.74, 6) is 2.72. The molecule has 6 heteroatoms. The number of likely N-dealkylation sites (tertiary alicyclic amines) is 1. The van der Waals surface area contributed by atoms with Crippen molar-refractivity contribution < 1.29 is 9.47 Å². The smallest absolute Gasteiger partial charge is 0.194 e. The molecule has 0 aromatic carbocycles.